The van der Waals surface area contributed by atoms with E-state index in [0.29, 0.717) is 6.42 Å². The van der Waals surface area contributed by atoms with Crippen molar-refractivity contribution in [3.05, 3.63) is 28.7 Å². The molecule has 0 radical (unpaired) electrons. The van der Waals surface area contributed by atoms with Crippen LogP contribution in [-0.4, -0.2) is 31.9 Å². The van der Waals surface area contributed by atoms with Gasteiger partial charge in [-0.15, -0.1) is 0 Å². The topological polar surface area (TPSA) is 54.5 Å². The SMILES string of the molecule is O=C1C[C@H]2CS(=O)(=O)C[C@H]2N1c1cccc(Br)c1. The zero-order chi connectivity index (χ0) is 12.9. The molecule has 2 aliphatic rings. The molecule has 1 amide bonds. The molecular weight excluding hydrogens is 318 g/mol. The first-order valence-electron chi connectivity index (χ1n) is 5.74. The minimum absolute atomic E-state index is 0.0259. The van der Waals surface area contributed by atoms with Crippen LogP contribution in [0.3, 0.4) is 0 Å². The Balaban J connectivity index is 1.99. The number of hydrogen-bond donors (Lipinski definition) is 0. The lowest BCUT2D eigenvalue weighted by Gasteiger charge is -2.23. The Morgan fingerprint density at radius 2 is 2.06 bits per heavy atom. The fourth-order valence-corrected chi connectivity index (χ4v) is 5.31. The van der Waals surface area contributed by atoms with Crippen LogP contribution in [0.15, 0.2) is 28.7 Å². The highest BCUT2D eigenvalue weighted by molar-refractivity contribution is 9.10. The average Bonchev–Trinajstić information content (AvgIpc) is 2.68. The van der Waals surface area contributed by atoms with Crippen LogP contribution in [0.5, 0.6) is 0 Å². The summed E-state index contributed by atoms with van der Waals surface area (Å²) in [6, 6.07) is 7.24. The van der Waals surface area contributed by atoms with Gasteiger partial charge in [-0.25, -0.2) is 8.42 Å². The second-order valence-corrected chi connectivity index (χ2v) is 7.92. The van der Waals surface area contributed by atoms with Crippen LogP contribution in [0, 0.1) is 5.92 Å². The summed E-state index contributed by atoms with van der Waals surface area (Å²) in [4.78, 5) is 13.7. The molecule has 1 aromatic rings. The number of amides is 1. The van der Waals surface area contributed by atoms with Gasteiger partial charge in [0.05, 0.1) is 17.5 Å². The van der Waals surface area contributed by atoms with Gasteiger partial charge in [0.2, 0.25) is 5.91 Å². The monoisotopic (exact) mass is 329 g/mol. The average molecular weight is 330 g/mol. The third-order valence-electron chi connectivity index (χ3n) is 3.56. The summed E-state index contributed by atoms with van der Waals surface area (Å²) < 4.78 is 24.2. The van der Waals surface area contributed by atoms with Crippen molar-refractivity contribution in [2.45, 2.75) is 12.5 Å². The van der Waals surface area contributed by atoms with Crippen LogP contribution < -0.4 is 4.90 Å². The van der Waals surface area contributed by atoms with Crippen molar-refractivity contribution in [2.24, 2.45) is 5.92 Å². The van der Waals surface area contributed by atoms with Gasteiger partial charge in [-0.2, -0.15) is 0 Å². The number of carbonyl (C=O) groups excluding carboxylic acids is 1. The highest BCUT2D eigenvalue weighted by Crippen LogP contribution is 2.37. The molecule has 96 valence electrons. The lowest BCUT2D eigenvalue weighted by Crippen LogP contribution is -2.36. The zero-order valence-corrected chi connectivity index (χ0v) is 11.9. The molecule has 0 bridgehead atoms. The highest BCUT2D eigenvalue weighted by atomic mass is 79.9. The quantitative estimate of drug-likeness (QED) is 0.786. The van der Waals surface area contributed by atoms with Gasteiger partial charge in [0, 0.05) is 22.5 Å². The maximum absolute atomic E-state index is 12.0. The largest absolute Gasteiger partial charge is 0.308 e. The van der Waals surface area contributed by atoms with Crippen LogP contribution >= 0.6 is 15.9 Å². The third-order valence-corrected chi connectivity index (χ3v) is 5.84. The fraction of sp³-hybridized carbons (Fsp3) is 0.417. The van der Waals surface area contributed by atoms with Crippen LogP contribution in [0.25, 0.3) is 0 Å². The van der Waals surface area contributed by atoms with Crippen molar-refractivity contribution in [1.29, 1.82) is 0 Å². The number of hydrogen-bond acceptors (Lipinski definition) is 3. The minimum Gasteiger partial charge on any atom is -0.308 e. The van der Waals surface area contributed by atoms with Gasteiger partial charge in [0.15, 0.2) is 9.84 Å². The van der Waals surface area contributed by atoms with E-state index in [0.717, 1.165) is 10.2 Å². The van der Waals surface area contributed by atoms with E-state index in [9.17, 15) is 13.2 Å². The molecule has 2 saturated heterocycles. The normalized spacial score (nSPS) is 29.6. The first kappa shape index (κ1) is 12.2. The van der Waals surface area contributed by atoms with E-state index in [1.165, 1.54) is 0 Å². The predicted molar refractivity (Wildman–Crippen MR) is 72.2 cm³/mol. The third kappa shape index (κ3) is 1.97. The second-order valence-electron chi connectivity index (χ2n) is 4.85. The first-order chi connectivity index (χ1) is 8.46. The van der Waals surface area contributed by atoms with Crippen molar-refractivity contribution in [3.8, 4) is 0 Å². The van der Waals surface area contributed by atoms with Gasteiger partial charge in [0.25, 0.3) is 0 Å². The Kier molecular flexibility index (Phi) is 2.75. The summed E-state index contributed by atoms with van der Waals surface area (Å²) in [5.74, 6) is 0.226. The van der Waals surface area contributed by atoms with E-state index in [4.69, 9.17) is 0 Å². The molecular formula is C12H12BrNO3S. The maximum atomic E-state index is 12.0. The summed E-state index contributed by atoms with van der Waals surface area (Å²) in [6.07, 6.45) is 0.344. The fourth-order valence-electron chi connectivity index (χ4n) is 2.85. The number of sulfone groups is 1. The molecule has 1 aromatic carbocycles. The lowest BCUT2D eigenvalue weighted by atomic mass is 10.1. The standard InChI is InChI=1S/C12H12BrNO3S/c13-9-2-1-3-10(5-9)14-11-7-18(16,17)6-8(11)4-12(14)15/h1-3,5,8,11H,4,6-7H2/t8-,11+/m0/s1. The van der Waals surface area contributed by atoms with Gasteiger partial charge in [-0.05, 0) is 18.2 Å². The highest BCUT2D eigenvalue weighted by Gasteiger charge is 2.49. The summed E-state index contributed by atoms with van der Waals surface area (Å²) >= 11 is 3.37. The Labute approximate surface area is 114 Å². The molecule has 2 fully saturated rings. The van der Waals surface area contributed by atoms with Crippen molar-refractivity contribution >= 4 is 37.4 Å². The van der Waals surface area contributed by atoms with E-state index < -0.39 is 9.84 Å². The molecule has 3 rings (SSSR count). The van der Waals surface area contributed by atoms with Gasteiger partial charge in [-0.1, -0.05) is 22.0 Å². The van der Waals surface area contributed by atoms with E-state index >= 15 is 0 Å². The Morgan fingerprint density at radius 3 is 2.78 bits per heavy atom. The summed E-state index contributed by atoms with van der Waals surface area (Å²) in [5.41, 5.74) is 0.777. The van der Waals surface area contributed by atoms with Crippen molar-refractivity contribution in [2.75, 3.05) is 16.4 Å². The smallest absolute Gasteiger partial charge is 0.227 e. The van der Waals surface area contributed by atoms with E-state index in [1.807, 2.05) is 24.3 Å². The summed E-state index contributed by atoms with van der Waals surface area (Å²) in [7, 11) is -2.99. The number of rotatable bonds is 1. The molecule has 0 spiro atoms. The molecule has 6 heteroatoms. The Bertz CT molecular complexity index is 614. The first-order valence-corrected chi connectivity index (χ1v) is 8.36. The second kappa shape index (κ2) is 4.06. The van der Waals surface area contributed by atoms with E-state index in [1.54, 1.807) is 4.90 Å². The van der Waals surface area contributed by atoms with E-state index in [2.05, 4.69) is 15.9 Å². The molecule has 0 unspecified atom stereocenters. The van der Waals surface area contributed by atoms with Gasteiger partial charge in [0.1, 0.15) is 0 Å². The van der Waals surface area contributed by atoms with Crippen molar-refractivity contribution in [1.82, 2.24) is 0 Å². The molecule has 2 aliphatic heterocycles. The molecule has 18 heavy (non-hydrogen) atoms. The number of nitrogens with zero attached hydrogens (tertiary/aromatic N) is 1. The van der Waals surface area contributed by atoms with Crippen LogP contribution in [0.2, 0.25) is 0 Å². The van der Waals surface area contributed by atoms with Gasteiger partial charge >= 0.3 is 0 Å². The van der Waals surface area contributed by atoms with E-state index in [-0.39, 0.29) is 29.4 Å². The number of fused-ring (bicyclic) bond motifs is 1. The molecule has 4 nitrogen and oxygen atoms in total. The van der Waals surface area contributed by atoms with Crippen molar-refractivity contribution in [3.63, 3.8) is 0 Å². The number of anilines is 1. The molecule has 0 saturated carbocycles. The maximum Gasteiger partial charge on any atom is 0.227 e. The minimum atomic E-state index is -2.99. The number of benzene rings is 1. The van der Waals surface area contributed by atoms with Crippen molar-refractivity contribution < 1.29 is 13.2 Å². The van der Waals surface area contributed by atoms with Gasteiger partial charge < -0.3 is 4.90 Å². The Hall–Kier alpha value is -0.880. The Morgan fingerprint density at radius 1 is 1.28 bits per heavy atom. The molecule has 0 aliphatic carbocycles. The molecule has 0 aromatic heterocycles. The number of carbonyl (C=O) groups is 1. The number of halogens is 1. The molecule has 2 atom stereocenters. The predicted octanol–water partition coefficient (Wildman–Crippen LogP) is 1.60. The lowest BCUT2D eigenvalue weighted by molar-refractivity contribution is -0.117. The summed E-state index contributed by atoms with van der Waals surface area (Å²) in [5, 5.41) is 0. The van der Waals surface area contributed by atoms with Crippen LogP contribution in [0.4, 0.5) is 5.69 Å². The molecule has 2 heterocycles. The summed E-state index contributed by atoms with van der Waals surface area (Å²) in [6.45, 7) is 0. The molecule has 0 N–H and O–H groups in total. The van der Waals surface area contributed by atoms with Crippen LogP contribution in [0.1, 0.15) is 6.42 Å². The van der Waals surface area contributed by atoms with Gasteiger partial charge in [-0.3, -0.25) is 4.79 Å². The zero-order valence-electron chi connectivity index (χ0n) is 9.54. The van der Waals surface area contributed by atoms with Crippen LogP contribution in [-0.2, 0) is 14.6 Å².